The fraction of sp³-hybridized carbons (Fsp3) is 0.400. The van der Waals surface area contributed by atoms with E-state index in [4.69, 9.17) is 5.73 Å². The summed E-state index contributed by atoms with van der Waals surface area (Å²) in [6.07, 6.45) is -6.81. The Morgan fingerprint density at radius 1 is 1.14 bits per heavy atom. The summed E-state index contributed by atoms with van der Waals surface area (Å²) in [5, 5.41) is 0. The van der Waals surface area contributed by atoms with Crippen LogP contribution in [0.15, 0.2) is 70.2 Å². The molecule has 188 valence electrons. The number of anilines is 1. The minimum Gasteiger partial charge on any atom is -0.356 e. The molecule has 2 atom stereocenters. The number of hydrogen-bond acceptors (Lipinski definition) is 5. The average molecular weight is 511 g/mol. The molecule has 1 fully saturated rings. The maximum atomic E-state index is 14.0. The molecule has 2 aliphatic heterocycles. The highest BCUT2D eigenvalue weighted by molar-refractivity contribution is 7.98. The smallest absolute Gasteiger partial charge is 0.356 e. The monoisotopic (exact) mass is 510 g/mol. The SMILES string of the molecule is Cc1cc(SCc2ccccc2)ccc1N1C=C(C(F)(F)F)C(N2CCCC(C(F)F)C2)=NC1N. The molecule has 0 aliphatic carbocycles. The van der Waals surface area contributed by atoms with Gasteiger partial charge in [-0.25, -0.2) is 13.8 Å². The van der Waals surface area contributed by atoms with Gasteiger partial charge in [0.2, 0.25) is 6.43 Å². The summed E-state index contributed by atoms with van der Waals surface area (Å²) in [5.41, 5.74) is 7.66. The van der Waals surface area contributed by atoms with E-state index in [0.717, 1.165) is 22.4 Å². The standard InChI is InChI=1S/C25H27F5N4S/c1-16-12-19(35-15-17-6-3-2-4-7-17)9-10-21(16)34-14-20(25(28,29)30)23(32-24(34)31)33-11-5-8-18(13-33)22(26)27/h2-4,6-7,9-10,12,14,18,22,24H,5,8,11,13,15,31H2,1H3. The number of alkyl halides is 5. The normalized spacial score (nSPS) is 21.3. The molecule has 10 heteroatoms. The topological polar surface area (TPSA) is 44.9 Å². The minimum atomic E-state index is -4.71. The minimum absolute atomic E-state index is 0.178. The highest BCUT2D eigenvalue weighted by Crippen LogP contribution is 2.36. The number of aliphatic imine (C=N–C) groups is 1. The number of aryl methyl sites for hydroxylation is 1. The number of benzene rings is 2. The summed E-state index contributed by atoms with van der Waals surface area (Å²) in [5.74, 6) is -0.581. The van der Waals surface area contributed by atoms with Crippen molar-refractivity contribution in [2.75, 3.05) is 18.0 Å². The molecule has 0 saturated carbocycles. The third-order valence-electron chi connectivity index (χ3n) is 6.16. The van der Waals surface area contributed by atoms with Crippen LogP contribution in [-0.4, -0.2) is 42.7 Å². The molecule has 2 unspecified atom stereocenters. The van der Waals surface area contributed by atoms with Crippen molar-refractivity contribution in [3.05, 3.63) is 71.4 Å². The number of thioether (sulfide) groups is 1. The zero-order valence-electron chi connectivity index (χ0n) is 19.2. The van der Waals surface area contributed by atoms with E-state index in [1.807, 2.05) is 49.4 Å². The molecule has 35 heavy (non-hydrogen) atoms. The number of rotatable bonds is 5. The van der Waals surface area contributed by atoms with Gasteiger partial charge in [0.15, 0.2) is 6.29 Å². The highest BCUT2D eigenvalue weighted by Gasteiger charge is 2.44. The van der Waals surface area contributed by atoms with Gasteiger partial charge >= 0.3 is 6.18 Å². The lowest BCUT2D eigenvalue weighted by Crippen LogP contribution is -2.50. The van der Waals surface area contributed by atoms with Gasteiger partial charge in [-0.2, -0.15) is 13.2 Å². The number of amidine groups is 1. The van der Waals surface area contributed by atoms with Crippen molar-refractivity contribution in [3.63, 3.8) is 0 Å². The van der Waals surface area contributed by atoms with Gasteiger partial charge in [-0.15, -0.1) is 11.8 Å². The number of halogens is 5. The molecule has 0 bridgehead atoms. The predicted molar refractivity (Wildman–Crippen MR) is 130 cm³/mol. The van der Waals surface area contributed by atoms with Crippen LogP contribution in [0.5, 0.6) is 0 Å². The summed E-state index contributed by atoms with van der Waals surface area (Å²) >= 11 is 1.63. The molecule has 0 radical (unpaired) electrons. The highest BCUT2D eigenvalue weighted by atomic mass is 32.2. The van der Waals surface area contributed by atoms with E-state index in [9.17, 15) is 22.0 Å². The van der Waals surface area contributed by atoms with Crippen molar-refractivity contribution in [3.8, 4) is 0 Å². The molecule has 2 aromatic carbocycles. The number of hydrogen-bond donors (Lipinski definition) is 1. The number of piperidine rings is 1. The van der Waals surface area contributed by atoms with Crippen LogP contribution in [0.25, 0.3) is 0 Å². The first-order chi connectivity index (χ1) is 16.6. The first kappa shape index (κ1) is 25.5. The maximum absolute atomic E-state index is 14.0. The van der Waals surface area contributed by atoms with Gasteiger partial charge in [0.25, 0.3) is 0 Å². The van der Waals surface area contributed by atoms with Gasteiger partial charge in [-0.3, -0.25) is 5.73 Å². The van der Waals surface area contributed by atoms with Crippen LogP contribution in [-0.2, 0) is 5.75 Å². The van der Waals surface area contributed by atoms with E-state index in [1.165, 1.54) is 15.4 Å². The molecule has 4 rings (SSSR count). The van der Waals surface area contributed by atoms with Crippen LogP contribution < -0.4 is 10.6 Å². The first-order valence-corrected chi connectivity index (χ1v) is 12.3. The molecule has 0 spiro atoms. The second-order valence-electron chi connectivity index (χ2n) is 8.72. The van der Waals surface area contributed by atoms with Gasteiger partial charge in [0.1, 0.15) is 11.4 Å². The van der Waals surface area contributed by atoms with Crippen LogP contribution >= 0.6 is 11.8 Å². The van der Waals surface area contributed by atoms with Crippen molar-refractivity contribution in [1.29, 1.82) is 0 Å². The van der Waals surface area contributed by atoms with E-state index >= 15 is 0 Å². The fourth-order valence-electron chi connectivity index (χ4n) is 4.35. The summed E-state index contributed by atoms with van der Waals surface area (Å²) in [4.78, 5) is 7.73. The van der Waals surface area contributed by atoms with Crippen LogP contribution in [0.1, 0.15) is 24.0 Å². The Bertz CT molecular complexity index is 1090. The molecule has 0 aromatic heterocycles. The van der Waals surface area contributed by atoms with Crippen molar-refractivity contribution in [1.82, 2.24) is 4.90 Å². The zero-order chi connectivity index (χ0) is 25.2. The third-order valence-corrected chi connectivity index (χ3v) is 7.23. The van der Waals surface area contributed by atoms with E-state index in [2.05, 4.69) is 4.99 Å². The quantitative estimate of drug-likeness (QED) is 0.386. The molecule has 2 N–H and O–H groups in total. The van der Waals surface area contributed by atoms with E-state index in [-0.39, 0.29) is 25.3 Å². The van der Waals surface area contributed by atoms with Crippen molar-refractivity contribution in [2.45, 2.75) is 49.3 Å². The summed E-state index contributed by atoms with van der Waals surface area (Å²) < 4.78 is 68.6. The number of nitrogens with two attached hydrogens (primary N) is 1. The zero-order valence-corrected chi connectivity index (χ0v) is 20.0. The largest absolute Gasteiger partial charge is 0.421 e. The Morgan fingerprint density at radius 2 is 1.89 bits per heavy atom. The molecular weight excluding hydrogens is 483 g/mol. The van der Waals surface area contributed by atoms with Crippen LogP contribution in [0, 0.1) is 12.8 Å². The van der Waals surface area contributed by atoms with Crippen LogP contribution in [0.2, 0.25) is 0 Å². The van der Waals surface area contributed by atoms with E-state index < -0.39 is 30.4 Å². The lowest BCUT2D eigenvalue weighted by atomic mass is 9.97. The Hall–Kier alpha value is -2.59. The Kier molecular flexibility index (Phi) is 7.70. The van der Waals surface area contributed by atoms with Crippen molar-refractivity contribution in [2.24, 2.45) is 16.6 Å². The van der Waals surface area contributed by atoms with Crippen LogP contribution in [0.3, 0.4) is 0 Å². The van der Waals surface area contributed by atoms with E-state index in [1.54, 1.807) is 17.8 Å². The fourth-order valence-corrected chi connectivity index (χ4v) is 5.30. The second kappa shape index (κ2) is 10.6. The molecule has 2 aromatic rings. The molecule has 2 aliphatic rings. The Morgan fingerprint density at radius 3 is 2.54 bits per heavy atom. The Balaban J connectivity index is 1.57. The Labute approximate surface area is 205 Å². The lowest BCUT2D eigenvalue weighted by molar-refractivity contribution is -0.0877. The van der Waals surface area contributed by atoms with Gasteiger partial charge in [-0.05, 0) is 49.1 Å². The molecule has 4 nitrogen and oxygen atoms in total. The summed E-state index contributed by atoms with van der Waals surface area (Å²) in [6.45, 7) is 1.87. The first-order valence-electron chi connectivity index (χ1n) is 11.3. The maximum Gasteiger partial charge on any atom is 0.421 e. The number of nitrogens with zero attached hydrogens (tertiary/aromatic N) is 3. The van der Waals surface area contributed by atoms with Gasteiger partial charge in [-0.1, -0.05) is 30.3 Å². The average Bonchev–Trinajstić information content (AvgIpc) is 2.83. The lowest BCUT2D eigenvalue weighted by Gasteiger charge is -2.39. The molecular formula is C25H27F5N4S. The third kappa shape index (κ3) is 5.98. The van der Waals surface area contributed by atoms with Crippen molar-refractivity contribution >= 4 is 23.3 Å². The predicted octanol–water partition coefficient (Wildman–Crippen LogP) is 6.17. The van der Waals surface area contributed by atoms with Gasteiger partial charge in [0.05, 0.1) is 0 Å². The summed E-state index contributed by atoms with van der Waals surface area (Å²) in [7, 11) is 0. The van der Waals surface area contributed by atoms with Crippen molar-refractivity contribution < 1.29 is 22.0 Å². The summed E-state index contributed by atoms with van der Waals surface area (Å²) in [6, 6.07) is 15.5. The number of likely N-dealkylation sites (tertiary alicyclic amines) is 1. The molecule has 2 heterocycles. The van der Waals surface area contributed by atoms with Gasteiger partial charge < -0.3 is 9.80 Å². The van der Waals surface area contributed by atoms with E-state index in [0.29, 0.717) is 12.1 Å². The molecule has 0 amide bonds. The molecule has 1 saturated heterocycles. The van der Waals surface area contributed by atoms with Crippen LogP contribution in [0.4, 0.5) is 27.6 Å². The second-order valence-corrected chi connectivity index (χ2v) is 9.77. The van der Waals surface area contributed by atoms with Gasteiger partial charge in [0, 0.05) is 41.5 Å².